The number of nitrogens with one attached hydrogen (secondary N) is 1. The van der Waals surface area contributed by atoms with Crippen molar-refractivity contribution in [1.82, 2.24) is 14.8 Å². The summed E-state index contributed by atoms with van der Waals surface area (Å²) in [5.74, 6) is -1.04. The first kappa shape index (κ1) is 22.9. The summed E-state index contributed by atoms with van der Waals surface area (Å²) in [5.41, 5.74) is 5.89. The second kappa shape index (κ2) is 9.70. The number of hydrogen-bond acceptors (Lipinski definition) is 5. The fourth-order valence-corrected chi connectivity index (χ4v) is 3.83. The molecule has 0 unspecified atom stereocenters. The SMILES string of the molecule is Cc1cc(C)c(NC(=O)[C@@H](C)OC(=O)c2cn(-c3ccccc3)nc2-c2cccnc2)c(C)c1. The average Bonchev–Trinajstić information content (AvgIpc) is 3.28. The molecular weight excluding hydrogens is 428 g/mol. The van der Waals surface area contributed by atoms with Gasteiger partial charge in [0.2, 0.25) is 0 Å². The third-order valence-corrected chi connectivity index (χ3v) is 5.47. The molecule has 4 aromatic rings. The van der Waals surface area contributed by atoms with Gasteiger partial charge >= 0.3 is 5.97 Å². The van der Waals surface area contributed by atoms with Crippen molar-refractivity contribution in [3.63, 3.8) is 0 Å². The Kier molecular flexibility index (Phi) is 6.54. The van der Waals surface area contributed by atoms with Crippen molar-refractivity contribution in [2.24, 2.45) is 0 Å². The van der Waals surface area contributed by atoms with Crippen molar-refractivity contribution in [2.45, 2.75) is 33.8 Å². The molecule has 7 nitrogen and oxygen atoms in total. The lowest BCUT2D eigenvalue weighted by Gasteiger charge is -2.17. The summed E-state index contributed by atoms with van der Waals surface area (Å²) in [4.78, 5) is 30.1. The Morgan fingerprint density at radius 3 is 2.35 bits per heavy atom. The topological polar surface area (TPSA) is 86.1 Å². The van der Waals surface area contributed by atoms with Crippen LogP contribution in [-0.2, 0) is 9.53 Å². The van der Waals surface area contributed by atoms with Crippen LogP contribution in [-0.4, -0.2) is 32.7 Å². The number of carbonyl (C=O) groups excluding carboxylic acids is 2. The van der Waals surface area contributed by atoms with Gasteiger partial charge in [0.1, 0.15) is 11.3 Å². The van der Waals surface area contributed by atoms with Crippen molar-refractivity contribution in [1.29, 1.82) is 0 Å². The van der Waals surface area contributed by atoms with Gasteiger partial charge in [-0.05, 0) is 63.1 Å². The summed E-state index contributed by atoms with van der Waals surface area (Å²) in [7, 11) is 0. The fourth-order valence-electron chi connectivity index (χ4n) is 3.83. The summed E-state index contributed by atoms with van der Waals surface area (Å²) < 4.78 is 7.17. The normalized spacial score (nSPS) is 11.6. The standard InChI is InChI=1S/C27H26N4O3/c1-17-13-18(2)24(19(3)14-17)29-26(32)20(4)34-27(33)23-16-31(22-10-6-5-7-11-22)30-25(23)21-9-8-12-28-15-21/h5-16,20H,1-4H3,(H,29,32)/t20-/m1/s1. The quantitative estimate of drug-likeness (QED) is 0.412. The first-order valence-corrected chi connectivity index (χ1v) is 11.0. The molecule has 2 aromatic heterocycles. The fraction of sp³-hybridized carbons (Fsp3) is 0.185. The number of rotatable bonds is 6. The summed E-state index contributed by atoms with van der Waals surface area (Å²) in [6.45, 7) is 7.43. The first-order chi connectivity index (χ1) is 16.3. The highest BCUT2D eigenvalue weighted by Crippen LogP contribution is 2.25. The molecule has 1 atom stereocenters. The van der Waals surface area contributed by atoms with E-state index in [9.17, 15) is 9.59 Å². The molecule has 1 amide bonds. The van der Waals surface area contributed by atoms with Crippen LogP contribution in [0, 0.1) is 20.8 Å². The molecular formula is C27H26N4O3. The second-order valence-corrected chi connectivity index (χ2v) is 8.22. The Hall–Kier alpha value is -4.26. The Balaban J connectivity index is 1.59. The Bertz CT molecular complexity index is 1310. The van der Waals surface area contributed by atoms with E-state index in [-0.39, 0.29) is 5.56 Å². The van der Waals surface area contributed by atoms with E-state index in [1.165, 1.54) is 0 Å². The van der Waals surface area contributed by atoms with Gasteiger partial charge in [-0.25, -0.2) is 9.48 Å². The molecule has 0 bridgehead atoms. The monoisotopic (exact) mass is 454 g/mol. The molecule has 0 saturated heterocycles. The van der Waals surface area contributed by atoms with Crippen LogP contribution in [0.2, 0.25) is 0 Å². The predicted molar refractivity (Wildman–Crippen MR) is 131 cm³/mol. The van der Waals surface area contributed by atoms with Crippen LogP contribution in [0.4, 0.5) is 5.69 Å². The third kappa shape index (κ3) is 4.88. The smallest absolute Gasteiger partial charge is 0.342 e. The minimum absolute atomic E-state index is 0.249. The second-order valence-electron chi connectivity index (χ2n) is 8.22. The zero-order chi connectivity index (χ0) is 24.2. The maximum absolute atomic E-state index is 13.2. The molecule has 0 aliphatic rings. The van der Waals surface area contributed by atoms with E-state index in [1.54, 1.807) is 36.3 Å². The number of carbonyl (C=O) groups is 2. The van der Waals surface area contributed by atoms with E-state index < -0.39 is 18.0 Å². The molecule has 7 heteroatoms. The van der Waals surface area contributed by atoms with Crippen LogP contribution < -0.4 is 5.32 Å². The van der Waals surface area contributed by atoms with Gasteiger partial charge in [0.15, 0.2) is 6.10 Å². The van der Waals surface area contributed by atoms with Crippen LogP contribution in [0.25, 0.3) is 16.9 Å². The molecule has 0 spiro atoms. The van der Waals surface area contributed by atoms with Gasteiger partial charge in [0.25, 0.3) is 5.91 Å². The lowest BCUT2D eigenvalue weighted by Crippen LogP contribution is -2.30. The van der Waals surface area contributed by atoms with Gasteiger partial charge in [-0.2, -0.15) is 5.10 Å². The number of hydrogen-bond donors (Lipinski definition) is 1. The van der Waals surface area contributed by atoms with Crippen LogP contribution in [0.5, 0.6) is 0 Å². The summed E-state index contributed by atoms with van der Waals surface area (Å²) in [6, 6.07) is 17.0. The number of amides is 1. The van der Waals surface area contributed by atoms with Gasteiger partial charge in [-0.3, -0.25) is 9.78 Å². The Morgan fingerprint density at radius 2 is 1.71 bits per heavy atom. The van der Waals surface area contributed by atoms with E-state index in [0.29, 0.717) is 11.3 Å². The van der Waals surface area contributed by atoms with Crippen molar-refractivity contribution in [3.05, 3.63) is 95.4 Å². The lowest BCUT2D eigenvalue weighted by atomic mass is 10.0. The zero-order valence-corrected chi connectivity index (χ0v) is 19.6. The number of aryl methyl sites for hydroxylation is 3. The number of benzene rings is 2. The third-order valence-electron chi connectivity index (χ3n) is 5.47. The average molecular weight is 455 g/mol. The van der Waals surface area contributed by atoms with Crippen LogP contribution in [0.3, 0.4) is 0 Å². The highest BCUT2D eigenvalue weighted by atomic mass is 16.5. The van der Waals surface area contributed by atoms with Crippen molar-refractivity contribution in [3.8, 4) is 16.9 Å². The van der Waals surface area contributed by atoms with Gasteiger partial charge < -0.3 is 10.1 Å². The molecule has 0 radical (unpaired) electrons. The number of anilines is 1. The highest BCUT2D eigenvalue weighted by Gasteiger charge is 2.25. The highest BCUT2D eigenvalue weighted by molar-refractivity contribution is 6.00. The number of para-hydroxylation sites is 1. The zero-order valence-electron chi connectivity index (χ0n) is 19.6. The number of nitrogens with zero attached hydrogens (tertiary/aromatic N) is 3. The minimum Gasteiger partial charge on any atom is -0.449 e. The molecule has 2 heterocycles. The molecule has 1 N–H and O–H groups in total. The predicted octanol–water partition coefficient (Wildman–Crippen LogP) is 5.04. The molecule has 172 valence electrons. The molecule has 0 saturated carbocycles. The van der Waals surface area contributed by atoms with Gasteiger partial charge in [-0.1, -0.05) is 35.9 Å². The molecule has 0 fully saturated rings. The summed E-state index contributed by atoms with van der Waals surface area (Å²) in [6.07, 6.45) is 3.89. The minimum atomic E-state index is -1.01. The van der Waals surface area contributed by atoms with Crippen LogP contribution in [0.1, 0.15) is 34.0 Å². The maximum atomic E-state index is 13.2. The van der Waals surface area contributed by atoms with Gasteiger partial charge in [0.05, 0.1) is 5.69 Å². The van der Waals surface area contributed by atoms with E-state index in [1.807, 2.05) is 69.3 Å². The van der Waals surface area contributed by atoms with Crippen molar-refractivity contribution < 1.29 is 14.3 Å². The first-order valence-electron chi connectivity index (χ1n) is 11.0. The van der Waals surface area contributed by atoms with E-state index in [0.717, 1.165) is 28.1 Å². The molecule has 2 aromatic carbocycles. The Labute approximate surface area is 198 Å². The molecule has 0 aliphatic carbocycles. The van der Waals surface area contributed by atoms with Gasteiger partial charge in [-0.15, -0.1) is 0 Å². The maximum Gasteiger partial charge on any atom is 0.342 e. The Morgan fingerprint density at radius 1 is 1.00 bits per heavy atom. The summed E-state index contributed by atoms with van der Waals surface area (Å²) in [5, 5.41) is 7.49. The molecule has 4 rings (SSSR count). The number of pyridine rings is 1. The van der Waals surface area contributed by atoms with E-state index >= 15 is 0 Å². The largest absolute Gasteiger partial charge is 0.449 e. The van der Waals surface area contributed by atoms with Crippen molar-refractivity contribution >= 4 is 17.6 Å². The van der Waals surface area contributed by atoms with Crippen LogP contribution in [0.15, 0.2) is 73.2 Å². The number of aromatic nitrogens is 3. The number of esters is 1. The molecule has 0 aliphatic heterocycles. The number of ether oxygens (including phenoxy) is 1. The van der Waals surface area contributed by atoms with Gasteiger partial charge in [0, 0.05) is 29.8 Å². The molecule has 34 heavy (non-hydrogen) atoms. The van der Waals surface area contributed by atoms with E-state index in [2.05, 4.69) is 15.4 Å². The van der Waals surface area contributed by atoms with Crippen LogP contribution >= 0.6 is 0 Å². The summed E-state index contributed by atoms with van der Waals surface area (Å²) >= 11 is 0. The lowest BCUT2D eigenvalue weighted by molar-refractivity contribution is -0.123. The van der Waals surface area contributed by atoms with E-state index in [4.69, 9.17) is 4.74 Å². The van der Waals surface area contributed by atoms with Crippen molar-refractivity contribution in [2.75, 3.05) is 5.32 Å².